The molecule has 112 valence electrons. The Morgan fingerprint density at radius 3 is 2.75 bits per heavy atom. The molecule has 1 N–H and O–H groups in total. The molecule has 1 aliphatic carbocycles. The second kappa shape index (κ2) is 8.31. The molecule has 0 bridgehead atoms. The molecule has 1 fully saturated rings. The topological polar surface area (TPSA) is 21.3 Å². The standard InChI is InChI=1S/C18H29NO/c1-3-4-5-8-13-20-18-10-7-6-9-17(18)15(2)19-14-16-11-12-16/h6-7,9-10,15-16,19H,3-5,8,11-14H2,1-2H3. The molecule has 1 aromatic carbocycles. The van der Waals surface area contributed by atoms with Crippen LogP contribution in [0.2, 0.25) is 0 Å². The lowest BCUT2D eigenvalue weighted by molar-refractivity contribution is 0.299. The van der Waals surface area contributed by atoms with Gasteiger partial charge in [0.15, 0.2) is 0 Å². The summed E-state index contributed by atoms with van der Waals surface area (Å²) in [6.45, 7) is 6.46. The Morgan fingerprint density at radius 1 is 1.20 bits per heavy atom. The number of hydrogen-bond acceptors (Lipinski definition) is 2. The molecule has 1 atom stereocenters. The summed E-state index contributed by atoms with van der Waals surface area (Å²) in [5, 5.41) is 3.63. The molecule has 0 spiro atoms. The third-order valence-electron chi connectivity index (χ3n) is 4.05. The fourth-order valence-electron chi connectivity index (χ4n) is 2.46. The number of hydrogen-bond donors (Lipinski definition) is 1. The molecule has 0 aromatic heterocycles. The van der Waals surface area contributed by atoms with E-state index in [4.69, 9.17) is 4.74 Å². The average Bonchev–Trinajstić information content (AvgIpc) is 3.29. The Hall–Kier alpha value is -1.02. The molecule has 0 amide bonds. The summed E-state index contributed by atoms with van der Waals surface area (Å²) in [6.07, 6.45) is 7.81. The van der Waals surface area contributed by atoms with Crippen LogP contribution in [0.5, 0.6) is 5.75 Å². The maximum absolute atomic E-state index is 5.99. The first-order chi connectivity index (χ1) is 9.81. The van der Waals surface area contributed by atoms with Crippen molar-refractivity contribution in [2.24, 2.45) is 5.92 Å². The average molecular weight is 275 g/mol. The van der Waals surface area contributed by atoms with Gasteiger partial charge in [0.2, 0.25) is 0 Å². The van der Waals surface area contributed by atoms with Crippen molar-refractivity contribution in [2.45, 2.75) is 58.4 Å². The molecular weight excluding hydrogens is 246 g/mol. The zero-order valence-electron chi connectivity index (χ0n) is 13.0. The molecule has 20 heavy (non-hydrogen) atoms. The van der Waals surface area contributed by atoms with E-state index in [0.717, 1.165) is 31.2 Å². The number of unbranched alkanes of at least 4 members (excludes halogenated alkanes) is 3. The van der Waals surface area contributed by atoms with E-state index in [0.29, 0.717) is 6.04 Å². The lowest BCUT2D eigenvalue weighted by Gasteiger charge is -2.18. The monoisotopic (exact) mass is 275 g/mol. The van der Waals surface area contributed by atoms with Gasteiger partial charge in [-0.1, -0.05) is 44.4 Å². The summed E-state index contributed by atoms with van der Waals surface area (Å²) >= 11 is 0. The van der Waals surface area contributed by atoms with Gasteiger partial charge in [-0.3, -0.25) is 0 Å². The van der Waals surface area contributed by atoms with Crippen molar-refractivity contribution in [1.82, 2.24) is 5.32 Å². The minimum absolute atomic E-state index is 0.377. The summed E-state index contributed by atoms with van der Waals surface area (Å²) in [5.74, 6) is 1.97. The van der Waals surface area contributed by atoms with Crippen LogP contribution in [0, 0.1) is 5.92 Å². The van der Waals surface area contributed by atoms with E-state index in [1.165, 1.54) is 37.7 Å². The molecule has 0 aliphatic heterocycles. The van der Waals surface area contributed by atoms with Crippen LogP contribution in [0.25, 0.3) is 0 Å². The highest BCUT2D eigenvalue weighted by Gasteiger charge is 2.22. The molecule has 0 heterocycles. The summed E-state index contributed by atoms with van der Waals surface area (Å²) in [5.41, 5.74) is 1.30. The summed E-state index contributed by atoms with van der Waals surface area (Å²) < 4.78 is 5.99. The highest BCUT2D eigenvalue weighted by molar-refractivity contribution is 5.35. The van der Waals surface area contributed by atoms with E-state index in [1.54, 1.807) is 0 Å². The maximum Gasteiger partial charge on any atom is 0.124 e. The van der Waals surface area contributed by atoms with Gasteiger partial charge in [-0.2, -0.15) is 0 Å². The maximum atomic E-state index is 5.99. The van der Waals surface area contributed by atoms with Gasteiger partial charge in [-0.15, -0.1) is 0 Å². The van der Waals surface area contributed by atoms with Crippen LogP contribution in [0.1, 0.15) is 64.0 Å². The lowest BCUT2D eigenvalue weighted by Crippen LogP contribution is -2.21. The highest BCUT2D eigenvalue weighted by atomic mass is 16.5. The molecule has 1 unspecified atom stereocenters. The van der Waals surface area contributed by atoms with Crippen molar-refractivity contribution in [2.75, 3.05) is 13.2 Å². The van der Waals surface area contributed by atoms with Crippen molar-refractivity contribution < 1.29 is 4.74 Å². The number of benzene rings is 1. The fraction of sp³-hybridized carbons (Fsp3) is 0.667. The van der Waals surface area contributed by atoms with E-state index in [2.05, 4.69) is 43.4 Å². The lowest BCUT2D eigenvalue weighted by atomic mass is 10.1. The Bertz CT molecular complexity index is 387. The van der Waals surface area contributed by atoms with Gasteiger partial charge < -0.3 is 10.1 Å². The minimum atomic E-state index is 0.377. The molecule has 1 aromatic rings. The predicted octanol–water partition coefficient (Wildman–Crippen LogP) is 4.71. The third kappa shape index (κ3) is 5.16. The van der Waals surface area contributed by atoms with Gasteiger partial charge in [0.1, 0.15) is 5.75 Å². The predicted molar refractivity (Wildman–Crippen MR) is 85.2 cm³/mol. The van der Waals surface area contributed by atoms with Crippen LogP contribution >= 0.6 is 0 Å². The van der Waals surface area contributed by atoms with Gasteiger partial charge in [0.25, 0.3) is 0 Å². The summed E-state index contributed by atoms with van der Waals surface area (Å²) in [4.78, 5) is 0. The zero-order chi connectivity index (χ0) is 14.2. The summed E-state index contributed by atoms with van der Waals surface area (Å²) in [7, 11) is 0. The van der Waals surface area contributed by atoms with Gasteiger partial charge in [0.05, 0.1) is 6.61 Å². The van der Waals surface area contributed by atoms with Crippen LogP contribution < -0.4 is 10.1 Å². The van der Waals surface area contributed by atoms with Gasteiger partial charge in [-0.05, 0) is 44.7 Å². The summed E-state index contributed by atoms with van der Waals surface area (Å²) in [6, 6.07) is 8.84. The van der Waals surface area contributed by atoms with Gasteiger partial charge >= 0.3 is 0 Å². The van der Waals surface area contributed by atoms with E-state index in [1.807, 2.05) is 0 Å². The van der Waals surface area contributed by atoms with Crippen molar-refractivity contribution in [3.8, 4) is 5.75 Å². The number of para-hydroxylation sites is 1. The second-order valence-electron chi connectivity index (χ2n) is 6.02. The van der Waals surface area contributed by atoms with E-state index in [-0.39, 0.29) is 0 Å². The highest BCUT2D eigenvalue weighted by Crippen LogP contribution is 2.30. The molecule has 2 nitrogen and oxygen atoms in total. The molecule has 0 saturated heterocycles. The number of nitrogens with one attached hydrogen (secondary N) is 1. The Labute approximate surface area is 123 Å². The largest absolute Gasteiger partial charge is 0.493 e. The van der Waals surface area contributed by atoms with Crippen LogP contribution in [0.15, 0.2) is 24.3 Å². The molecule has 2 rings (SSSR count). The number of ether oxygens (including phenoxy) is 1. The zero-order valence-corrected chi connectivity index (χ0v) is 13.0. The third-order valence-corrected chi connectivity index (χ3v) is 4.05. The quantitative estimate of drug-likeness (QED) is 0.625. The van der Waals surface area contributed by atoms with Gasteiger partial charge in [-0.25, -0.2) is 0 Å². The fourth-order valence-corrected chi connectivity index (χ4v) is 2.46. The number of rotatable bonds is 10. The smallest absolute Gasteiger partial charge is 0.124 e. The Kier molecular flexibility index (Phi) is 6.38. The molecular formula is C18H29NO. The van der Waals surface area contributed by atoms with Crippen LogP contribution in [0.3, 0.4) is 0 Å². The molecule has 2 heteroatoms. The van der Waals surface area contributed by atoms with Crippen LogP contribution in [-0.2, 0) is 0 Å². The van der Waals surface area contributed by atoms with Crippen LogP contribution in [0.4, 0.5) is 0 Å². The van der Waals surface area contributed by atoms with Crippen molar-refractivity contribution in [1.29, 1.82) is 0 Å². The van der Waals surface area contributed by atoms with Crippen molar-refractivity contribution in [3.05, 3.63) is 29.8 Å². The Balaban J connectivity index is 1.80. The van der Waals surface area contributed by atoms with E-state index in [9.17, 15) is 0 Å². The first-order valence-electron chi connectivity index (χ1n) is 8.26. The van der Waals surface area contributed by atoms with Crippen molar-refractivity contribution in [3.63, 3.8) is 0 Å². The molecule has 1 aliphatic rings. The van der Waals surface area contributed by atoms with Gasteiger partial charge in [0, 0.05) is 11.6 Å². The minimum Gasteiger partial charge on any atom is -0.493 e. The molecule has 0 radical (unpaired) electrons. The molecule has 1 saturated carbocycles. The van der Waals surface area contributed by atoms with E-state index >= 15 is 0 Å². The van der Waals surface area contributed by atoms with Crippen molar-refractivity contribution >= 4 is 0 Å². The Morgan fingerprint density at radius 2 is 2.00 bits per heavy atom. The van der Waals surface area contributed by atoms with E-state index < -0.39 is 0 Å². The normalized spacial score (nSPS) is 16.1. The van der Waals surface area contributed by atoms with Crippen LogP contribution in [-0.4, -0.2) is 13.2 Å². The second-order valence-corrected chi connectivity index (χ2v) is 6.02. The first kappa shape index (κ1) is 15.4. The first-order valence-corrected chi connectivity index (χ1v) is 8.26. The SMILES string of the molecule is CCCCCCOc1ccccc1C(C)NCC1CC1.